The number of para-hydroxylation sites is 4. The van der Waals surface area contributed by atoms with Gasteiger partial charge in [0.1, 0.15) is 0 Å². The zero-order valence-electron chi connectivity index (χ0n) is 79.9. The first kappa shape index (κ1) is 84.1. The number of hydrogen-bond acceptors (Lipinski definition) is 3. The minimum atomic E-state index is -0.339. The van der Waals surface area contributed by atoms with Crippen LogP contribution in [-0.4, -0.2) is 20.4 Å². The van der Waals surface area contributed by atoms with Crippen LogP contribution in [0, 0.1) is 0 Å². The maximum atomic E-state index is 2.77. The third-order valence-corrected chi connectivity index (χ3v) is 28.7. The fourth-order valence-electron chi connectivity index (χ4n) is 21.5. The van der Waals surface area contributed by atoms with E-state index in [1.54, 1.807) is 0 Å². The summed E-state index contributed by atoms with van der Waals surface area (Å²) in [6.45, 7) is 35.0. The summed E-state index contributed by atoms with van der Waals surface area (Å²) in [6, 6.07) is 154. The highest BCUT2D eigenvalue weighted by Crippen LogP contribution is 2.56. The second-order valence-electron chi connectivity index (χ2n) is 42.6. The monoisotopic (exact) mass is 1740 g/mol. The molecule has 2 aliphatic heterocycles. The molecule has 0 saturated carbocycles. The molecule has 656 valence electrons. The number of fused-ring (bicyclic) bond motifs is 13. The van der Waals surface area contributed by atoms with E-state index in [1.165, 1.54) is 71.3 Å². The van der Waals surface area contributed by atoms with Gasteiger partial charge in [0, 0.05) is 100 Å². The largest absolute Gasteiger partial charge is 0.311 e. The van der Waals surface area contributed by atoms with Crippen molar-refractivity contribution in [1.82, 2.24) is 13.7 Å². The molecule has 0 amide bonds. The molecule has 0 saturated heterocycles. The number of benzene rings is 18. The van der Waals surface area contributed by atoms with Crippen molar-refractivity contribution in [3.63, 3.8) is 0 Å². The molecule has 3 aromatic heterocycles. The summed E-state index contributed by atoms with van der Waals surface area (Å²) in [7, 11) is 0. The maximum absolute atomic E-state index is 2.77. The minimum Gasteiger partial charge on any atom is -0.311 e. The number of anilines is 9. The van der Waals surface area contributed by atoms with Crippen molar-refractivity contribution in [2.75, 3.05) is 14.7 Å². The van der Waals surface area contributed by atoms with E-state index in [4.69, 9.17) is 0 Å². The van der Waals surface area contributed by atoms with Crippen molar-refractivity contribution in [3.8, 4) is 72.7 Å². The average molecular weight is 1740 g/mol. The van der Waals surface area contributed by atoms with E-state index in [2.05, 4.69) is 533 Å². The first-order valence-electron chi connectivity index (χ1n) is 48.0. The van der Waals surface area contributed by atoms with Crippen molar-refractivity contribution in [1.29, 1.82) is 0 Å². The van der Waals surface area contributed by atoms with Crippen LogP contribution in [0.4, 0.5) is 51.2 Å². The lowest BCUT2D eigenvalue weighted by Crippen LogP contribution is -2.61. The quantitative estimate of drug-likeness (QED) is 0.108. The van der Waals surface area contributed by atoms with E-state index < -0.39 is 0 Å². The molecule has 0 fully saturated rings. The molecular weight excluding hydrogens is 1630 g/mol. The summed E-state index contributed by atoms with van der Waals surface area (Å²) >= 11 is 0. The van der Waals surface area contributed by atoms with Crippen LogP contribution in [0.5, 0.6) is 0 Å². The lowest BCUT2D eigenvalue weighted by Gasteiger charge is -2.45. The van der Waals surface area contributed by atoms with E-state index in [0.29, 0.717) is 0 Å². The lowest BCUT2D eigenvalue weighted by atomic mass is 9.33. The highest BCUT2D eigenvalue weighted by atomic mass is 15.2. The number of nitrogens with zero attached hydrogens (tertiary/aromatic N) is 6. The van der Waals surface area contributed by atoms with Crippen LogP contribution in [0.25, 0.3) is 138 Å². The zero-order chi connectivity index (χ0) is 92.5. The first-order chi connectivity index (χ1) is 65.1. The van der Waals surface area contributed by atoms with Gasteiger partial charge in [-0.2, -0.15) is 0 Å². The molecule has 2 aliphatic rings. The molecule has 0 atom stereocenters. The fraction of sp³-hybridized carbons (Fsp3) is 0.156. The maximum Gasteiger partial charge on any atom is 0.252 e. The molecule has 0 aliphatic carbocycles. The molecule has 7 heteroatoms. The molecule has 135 heavy (non-hydrogen) atoms. The Hall–Kier alpha value is -15.2. The zero-order valence-corrected chi connectivity index (χ0v) is 79.9. The molecule has 21 aromatic rings. The Morgan fingerprint density at radius 3 is 1.04 bits per heavy atom. The van der Waals surface area contributed by atoms with E-state index in [9.17, 15) is 0 Å². The normalized spacial score (nSPS) is 13.0. The van der Waals surface area contributed by atoms with Gasteiger partial charge in [-0.1, -0.05) is 347 Å². The van der Waals surface area contributed by atoms with Gasteiger partial charge in [0.15, 0.2) is 0 Å². The van der Waals surface area contributed by atoms with Crippen LogP contribution >= 0.6 is 0 Å². The Morgan fingerprint density at radius 1 is 0.200 bits per heavy atom. The molecule has 0 bridgehead atoms. The van der Waals surface area contributed by atoms with E-state index in [-0.39, 0.29) is 33.8 Å². The Labute approximate surface area is 794 Å². The van der Waals surface area contributed by atoms with Crippen molar-refractivity contribution in [2.24, 2.45) is 0 Å². The number of rotatable bonds is 13. The Balaban J connectivity index is 0.910. The SMILES string of the molecule is CC(C)(C)c1cc(-c2ccc3c(c2)N(c2cc(-c4ccccc4)cc(-c4ccccc4)c2)c2cc(-n4c5ccc(N(c6ccccc6)c6ccccc6)cc5c5cc(-n6c7ccccc7c7ccccc76)ccc54)cc4c2B3c2ccc(-n3c5ccc(C(C)(C)C)cc5c5cc(C(C)(C)C)ccc53)cc2N4c2c(-c3ccccc3)cc(C(C)(C)C)cc2-c2ccccc2)cc(C(C)(C)C)c1. The standard InChI is InChI=1S/C128H111BN6/c1-124(2,3)90-55-62-114-106(73-90)107-74-91(125(4,5)6)56-63-115(107)132(114)99-57-61-111-119(79-99)135(123-104(84-42-26-18-27-43-84)75-94(128(13,14)15)76-105(123)85-44-28-19-29-45-85)121-81-101(133-116-64-58-97(130(95-46-30-20-31-47-95)96-48-32-21-33-49-96)77-108(116)109-78-98(59-65-117(109)133)131-112-52-36-34-50-102(112)103-51-35-37-53-113(103)131)80-120-122(121)129(111)110-60-54-86(89-67-92(126(7,8)9)72-93(68-89)127(10,11)12)71-118(110)134(120)100-69-87(82-38-22-16-23-39-82)66-88(70-100)83-40-24-17-25-41-83/h16-81H,1-15H3. The van der Waals surface area contributed by atoms with E-state index in [0.717, 1.165) is 162 Å². The van der Waals surface area contributed by atoms with Gasteiger partial charge in [-0.25, -0.2) is 0 Å². The van der Waals surface area contributed by atoms with Gasteiger partial charge in [-0.3, -0.25) is 0 Å². The smallest absolute Gasteiger partial charge is 0.252 e. The van der Waals surface area contributed by atoms with Crippen LogP contribution in [0.1, 0.15) is 132 Å². The summed E-state index contributed by atoms with van der Waals surface area (Å²) in [5.41, 5.74) is 40.3. The van der Waals surface area contributed by atoms with Gasteiger partial charge in [0.05, 0.1) is 44.5 Å². The summed E-state index contributed by atoms with van der Waals surface area (Å²) in [5, 5.41) is 7.16. The number of hydrogen-bond donors (Lipinski definition) is 0. The fourth-order valence-corrected chi connectivity index (χ4v) is 21.5. The van der Waals surface area contributed by atoms with Crippen LogP contribution in [0.2, 0.25) is 0 Å². The van der Waals surface area contributed by atoms with Gasteiger partial charge in [0.2, 0.25) is 0 Å². The molecule has 6 nitrogen and oxygen atoms in total. The van der Waals surface area contributed by atoms with E-state index in [1.807, 2.05) is 0 Å². The highest BCUT2D eigenvalue weighted by molar-refractivity contribution is 7.00. The van der Waals surface area contributed by atoms with Crippen LogP contribution in [0.3, 0.4) is 0 Å². The molecule has 5 heterocycles. The predicted molar refractivity (Wildman–Crippen MR) is 579 cm³/mol. The van der Waals surface area contributed by atoms with Gasteiger partial charge < -0.3 is 28.4 Å². The summed E-state index contributed by atoms with van der Waals surface area (Å²) in [6.07, 6.45) is 0. The third-order valence-electron chi connectivity index (χ3n) is 28.7. The highest BCUT2D eigenvalue weighted by Gasteiger charge is 2.46. The second kappa shape index (κ2) is 31.8. The lowest BCUT2D eigenvalue weighted by molar-refractivity contribution is 0.569. The molecule has 0 radical (unpaired) electrons. The van der Waals surface area contributed by atoms with Crippen molar-refractivity contribution >= 4 is 140 Å². The Kier molecular flexibility index (Phi) is 19.8. The third kappa shape index (κ3) is 14.5. The second-order valence-corrected chi connectivity index (χ2v) is 42.6. The molecule has 0 unspecified atom stereocenters. The summed E-state index contributed by atoms with van der Waals surface area (Å²) in [4.78, 5) is 7.88. The van der Waals surface area contributed by atoms with Crippen LogP contribution in [-0.2, 0) is 27.1 Å². The van der Waals surface area contributed by atoms with Gasteiger partial charge in [-0.15, -0.1) is 0 Å². The van der Waals surface area contributed by atoms with Crippen LogP contribution in [0.15, 0.2) is 400 Å². The first-order valence-corrected chi connectivity index (χ1v) is 48.0. The van der Waals surface area contributed by atoms with E-state index >= 15 is 0 Å². The van der Waals surface area contributed by atoms with Crippen LogP contribution < -0.4 is 31.1 Å². The van der Waals surface area contributed by atoms with Crippen molar-refractivity contribution in [3.05, 3.63) is 428 Å². The molecule has 0 N–H and O–H groups in total. The Bertz CT molecular complexity index is 7970. The molecular formula is C128H111BN6. The van der Waals surface area contributed by atoms with Crippen molar-refractivity contribution < 1.29 is 0 Å². The summed E-state index contributed by atoms with van der Waals surface area (Å²) < 4.78 is 7.69. The van der Waals surface area contributed by atoms with Gasteiger partial charge in [0.25, 0.3) is 6.71 Å². The molecule has 18 aromatic carbocycles. The molecule has 23 rings (SSSR count). The molecule has 0 spiro atoms. The van der Waals surface area contributed by atoms with Gasteiger partial charge >= 0.3 is 0 Å². The summed E-state index contributed by atoms with van der Waals surface area (Å²) in [5.74, 6) is 0. The van der Waals surface area contributed by atoms with Crippen molar-refractivity contribution in [2.45, 2.75) is 131 Å². The number of aromatic nitrogens is 3. The predicted octanol–water partition coefficient (Wildman–Crippen LogP) is 33.4. The van der Waals surface area contributed by atoms with Gasteiger partial charge in [-0.05, 0) is 274 Å². The minimum absolute atomic E-state index is 0.102. The average Bonchev–Trinajstić information content (AvgIpc) is 1.61. The topological polar surface area (TPSA) is 24.5 Å². The Morgan fingerprint density at radius 2 is 0.556 bits per heavy atom.